The van der Waals surface area contributed by atoms with E-state index in [1.807, 2.05) is 0 Å². The Bertz CT molecular complexity index is 405. The second kappa shape index (κ2) is 4.05. The number of nitrogens with zero attached hydrogens (tertiary/aromatic N) is 2. The standard InChI is InChI=1S/C7H5BrN2O4/c8-6-2-5(10(13)14)1-4(3-9-12)7(6)11/h1-3,11-12H/b9-3+. The molecule has 14 heavy (non-hydrogen) atoms. The molecule has 7 heteroatoms. The fourth-order valence-electron chi connectivity index (χ4n) is 0.871. The molecule has 0 aromatic heterocycles. The van der Waals surface area contributed by atoms with Gasteiger partial charge in [-0.05, 0) is 15.9 Å². The molecule has 0 aliphatic carbocycles. The maximum absolute atomic E-state index is 10.4. The lowest BCUT2D eigenvalue weighted by Crippen LogP contribution is -1.91. The Morgan fingerprint density at radius 3 is 2.71 bits per heavy atom. The van der Waals surface area contributed by atoms with E-state index in [9.17, 15) is 15.2 Å². The zero-order chi connectivity index (χ0) is 10.7. The molecule has 0 spiro atoms. The van der Waals surface area contributed by atoms with Crippen LogP contribution in [0.3, 0.4) is 0 Å². The zero-order valence-electron chi connectivity index (χ0n) is 6.72. The lowest BCUT2D eigenvalue weighted by molar-refractivity contribution is -0.385. The van der Waals surface area contributed by atoms with Gasteiger partial charge >= 0.3 is 0 Å². The van der Waals surface area contributed by atoms with Crippen molar-refractivity contribution in [3.05, 3.63) is 32.3 Å². The molecule has 2 N–H and O–H groups in total. The summed E-state index contributed by atoms with van der Waals surface area (Å²) < 4.78 is 0.168. The van der Waals surface area contributed by atoms with Crippen molar-refractivity contribution in [1.82, 2.24) is 0 Å². The maximum Gasteiger partial charge on any atom is 0.271 e. The van der Waals surface area contributed by atoms with Crippen molar-refractivity contribution < 1.29 is 15.2 Å². The van der Waals surface area contributed by atoms with Gasteiger partial charge in [0.15, 0.2) is 0 Å². The number of rotatable bonds is 2. The summed E-state index contributed by atoms with van der Waals surface area (Å²) >= 11 is 2.94. The first-order chi connectivity index (χ1) is 6.56. The molecule has 0 heterocycles. The van der Waals surface area contributed by atoms with E-state index in [2.05, 4.69) is 21.1 Å². The minimum atomic E-state index is -0.612. The molecule has 1 rings (SSSR count). The quantitative estimate of drug-likeness (QED) is 0.367. The fraction of sp³-hybridized carbons (Fsp3) is 0. The molecule has 0 saturated heterocycles. The highest BCUT2D eigenvalue weighted by Gasteiger charge is 2.13. The van der Waals surface area contributed by atoms with Gasteiger partial charge in [0.1, 0.15) is 5.75 Å². The summed E-state index contributed by atoms with van der Waals surface area (Å²) in [4.78, 5) is 9.80. The lowest BCUT2D eigenvalue weighted by atomic mass is 10.2. The average molecular weight is 261 g/mol. The third kappa shape index (κ3) is 1.99. The van der Waals surface area contributed by atoms with E-state index < -0.39 is 4.92 Å². The molecule has 0 atom stereocenters. The molecule has 0 fully saturated rings. The molecule has 1 aromatic carbocycles. The molecule has 0 amide bonds. The Morgan fingerprint density at radius 2 is 2.21 bits per heavy atom. The first-order valence-electron chi connectivity index (χ1n) is 3.40. The number of benzene rings is 1. The van der Waals surface area contributed by atoms with Crippen LogP contribution in [0.2, 0.25) is 0 Å². The van der Waals surface area contributed by atoms with Gasteiger partial charge in [-0.1, -0.05) is 5.16 Å². The van der Waals surface area contributed by atoms with E-state index in [0.29, 0.717) is 0 Å². The Hall–Kier alpha value is -1.63. The summed E-state index contributed by atoms with van der Waals surface area (Å²) in [6.45, 7) is 0. The van der Waals surface area contributed by atoms with Gasteiger partial charge in [0.05, 0.1) is 15.6 Å². The number of non-ortho nitro benzene ring substituents is 1. The van der Waals surface area contributed by atoms with Crippen LogP contribution in [0.5, 0.6) is 5.75 Å². The number of phenols is 1. The van der Waals surface area contributed by atoms with Crippen molar-refractivity contribution in [2.45, 2.75) is 0 Å². The van der Waals surface area contributed by atoms with E-state index >= 15 is 0 Å². The molecular weight excluding hydrogens is 256 g/mol. The second-order valence-electron chi connectivity index (χ2n) is 2.37. The van der Waals surface area contributed by atoms with Crippen LogP contribution >= 0.6 is 15.9 Å². The minimum Gasteiger partial charge on any atom is -0.506 e. The molecule has 0 aliphatic rings. The Balaban J connectivity index is 3.35. The third-order valence-corrected chi connectivity index (χ3v) is 2.09. The average Bonchev–Trinajstić information content (AvgIpc) is 2.12. The fourth-order valence-corrected chi connectivity index (χ4v) is 1.33. The first-order valence-corrected chi connectivity index (χ1v) is 4.20. The predicted molar refractivity (Wildman–Crippen MR) is 51.8 cm³/mol. The number of hydrogen-bond acceptors (Lipinski definition) is 5. The molecule has 0 radical (unpaired) electrons. The number of aromatic hydroxyl groups is 1. The molecule has 74 valence electrons. The van der Waals surface area contributed by atoms with Crippen LogP contribution in [0, 0.1) is 10.1 Å². The number of phenolic OH excluding ortho intramolecular Hbond substituents is 1. The Morgan fingerprint density at radius 1 is 1.57 bits per heavy atom. The van der Waals surface area contributed by atoms with Gasteiger partial charge in [-0.15, -0.1) is 0 Å². The van der Waals surface area contributed by atoms with Crippen molar-refractivity contribution in [2.75, 3.05) is 0 Å². The van der Waals surface area contributed by atoms with E-state index in [-0.39, 0.29) is 21.5 Å². The number of nitro groups is 1. The van der Waals surface area contributed by atoms with Crippen molar-refractivity contribution >= 4 is 27.8 Å². The highest BCUT2D eigenvalue weighted by atomic mass is 79.9. The summed E-state index contributed by atoms with van der Waals surface area (Å²) in [6, 6.07) is 2.25. The van der Waals surface area contributed by atoms with Crippen LogP contribution in [0.1, 0.15) is 5.56 Å². The zero-order valence-corrected chi connectivity index (χ0v) is 8.30. The highest BCUT2D eigenvalue weighted by Crippen LogP contribution is 2.31. The summed E-state index contributed by atoms with van der Waals surface area (Å²) in [5, 5.41) is 30.7. The molecule has 0 unspecified atom stereocenters. The third-order valence-electron chi connectivity index (χ3n) is 1.49. The Labute approximate surface area is 86.8 Å². The number of oxime groups is 1. The van der Waals surface area contributed by atoms with Gasteiger partial charge in [-0.2, -0.15) is 0 Å². The van der Waals surface area contributed by atoms with Crippen LogP contribution in [0.4, 0.5) is 5.69 Å². The van der Waals surface area contributed by atoms with E-state index in [0.717, 1.165) is 18.3 Å². The molecular formula is C7H5BrN2O4. The number of nitro benzene ring substituents is 1. The van der Waals surface area contributed by atoms with Crippen molar-refractivity contribution in [2.24, 2.45) is 5.16 Å². The first kappa shape index (κ1) is 10.5. The van der Waals surface area contributed by atoms with Crippen LogP contribution in [-0.4, -0.2) is 21.5 Å². The second-order valence-corrected chi connectivity index (χ2v) is 3.22. The maximum atomic E-state index is 10.4. The van der Waals surface area contributed by atoms with Crippen LogP contribution in [0.25, 0.3) is 0 Å². The van der Waals surface area contributed by atoms with E-state index in [1.54, 1.807) is 0 Å². The van der Waals surface area contributed by atoms with E-state index in [1.165, 1.54) is 0 Å². The van der Waals surface area contributed by atoms with E-state index in [4.69, 9.17) is 5.21 Å². The molecule has 0 aliphatic heterocycles. The van der Waals surface area contributed by atoms with Crippen molar-refractivity contribution in [3.63, 3.8) is 0 Å². The van der Waals surface area contributed by atoms with Crippen LogP contribution < -0.4 is 0 Å². The van der Waals surface area contributed by atoms with Crippen LogP contribution in [-0.2, 0) is 0 Å². The van der Waals surface area contributed by atoms with Gasteiger partial charge in [-0.25, -0.2) is 0 Å². The molecule has 0 bridgehead atoms. The van der Waals surface area contributed by atoms with Gasteiger partial charge in [0, 0.05) is 17.7 Å². The van der Waals surface area contributed by atoms with Crippen molar-refractivity contribution in [3.8, 4) is 5.75 Å². The predicted octanol–water partition coefficient (Wildman–Crippen LogP) is 1.87. The summed E-state index contributed by atoms with van der Waals surface area (Å²) in [6.07, 6.45) is 0.910. The van der Waals surface area contributed by atoms with Gasteiger partial charge in [0.25, 0.3) is 5.69 Å². The Kier molecular flexibility index (Phi) is 3.03. The monoisotopic (exact) mass is 260 g/mol. The minimum absolute atomic E-state index is 0.0635. The normalized spacial score (nSPS) is 10.6. The molecule has 6 nitrogen and oxygen atoms in total. The summed E-state index contributed by atoms with van der Waals surface area (Å²) in [7, 11) is 0. The van der Waals surface area contributed by atoms with Gasteiger partial charge in [-0.3, -0.25) is 10.1 Å². The smallest absolute Gasteiger partial charge is 0.271 e. The van der Waals surface area contributed by atoms with Gasteiger partial charge in [0.2, 0.25) is 0 Å². The van der Waals surface area contributed by atoms with Crippen LogP contribution in [0.15, 0.2) is 21.8 Å². The SMILES string of the molecule is O=[N+]([O-])c1cc(Br)c(O)c(/C=N/O)c1. The van der Waals surface area contributed by atoms with Gasteiger partial charge < -0.3 is 10.3 Å². The lowest BCUT2D eigenvalue weighted by Gasteiger charge is -2.00. The summed E-state index contributed by atoms with van der Waals surface area (Å²) in [5.41, 5.74) is -0.141. The largest absolute Gasteiger partial charge is 0.506 e. The topological polar surface area (TPSA) is 96.0 Å². The number of halogens is 1. The number of hydrogen-bond donors (Lipinski definition) is 2. The summed E-state index contributed by atoms with van der Waals surface area (Å²) in [5.74, 6) is -0.214. The molecule has 0 saturated carbocycles. The van der Waals surface area contributed by atoms with Crippen molar-refractivity contribution in [1.29, 1.82) is 0 Å². The molecule has 1 aromatic rings. The highest BCUT2D eigenvalue weighted by molar-refractivity contribution is 9.10.